The minimum atomic E-state index is -0.300. The van der Waals surface area contributed by atoms with E-state index in [2.05, 4.69) is 27.4 Å². The monoisotopic (exact) mass is 426 g/mol. The smallest absolute Gasteiger partial charge is 0.279 e. The average Bonchev–Trinajstić information content (AvgIpc) is 2.83. The SMILES string of the molecule is CN(C)[C@@H](CNC(=O)c1nn(-c2ccccc2)c(=O)c2ccccc12)Cc1ccccc1. The Morgan fingerprint density at radius 3 is 2.16 bits per heavy atom. The van der Waals surface area contributed by atoms with Gasteiger partial charge in [0.2, 0.25) is 0 Å². The van der Waals surface area contributed by atoms with Crippen LogP contribution in [0.3, 0.4) is 0 Å². The van der Waals surface area contributed by atoms with E-state index in [0.717, 1.165) is 6.42 Å². The number of nitrogens with one attached hydrogen (secondary N) is 1. The number of rotatable bonds is 7. The minimum absolute atomic E-state index is 0.118. The van der Waals surface area contributed by atoms with Gasteiger partial charge in [-0.25, -0.2) is 0 Å². The van der Waals surface area contributed by atoms with E-state index in [9.17, 15) is 9.59 Å². The van der Waals surface area contributed by atoms with Gasteiger partial charge in [-0.2, -0.15) is 9.78 Å². The standard InChI is InChI=1S/C26H26N4O2/c1-29(2)21(17-19-11-5-3-6-12-19)18-27-25(31)24-22-15-9-10-16-23(22)26(32)30(28-24)20-13-7-4-8-14-20/h3-16,21H,17-18H2,1-2H3,(H,27,31)/t21-/m1/s1. The number of carbonyl (C=O) groups is 1. The van der Waals surface area contributed by atoms with Gasteiger partial charge in [-0.1, -0.05) is 66.7 Å². The number of fused-ring (bicyclic) bond motifs is 1. The lowest BCUT2D eigenvalue weighted by Crippen LogP contribution is -2.42. The summed E-state index contributed by atoms with van der Waals surface area (Å²) in [6, 6.07) is 26.6. The molecule has 0 saturated carbocycles. The molecule has 0 aliphatic heterocycles. The molecule has 1 atom stereocenters. The molecule has 162 valence electrons. The first-order chi connectivity index (χ1) is 15.5. The van der Waals surface area contributed by atoms with Crippen molar-refractivity contribution in [2.75, 3.05) is 20.6 Å². The molecular weight excluding hydrogens is 400 g/mol. The molecule has 1 heterocycles. The van der Waals surface area contributed by atoms with Gasteiger partial charge in [0.1, 0.15) is 0 Å². The predicted molar refractivity (Wildman–Crippen MR) is 127 cm³/mol. The molecule has 4 aromatic rings. The van der Waals surface area contributed by atoms with Crippen molar-refractivity contribution >= 4 is 16.7 Å². The van der Waals surface area contributed by atoms with Crippen LogP contribution >= 0.6 is 0 Å². The zero-order valence-electron chi connectivity index (χ0n) is 18.2. The van der Waals surface area contributed by atoms with Crippen LogP contribution in [0.4, 0.5) is 0 Å². The van der Waals surface area contributed by atoms with E-state index in [1.165, 1.54) is 10.2 Å². The second kappa shape index (κ2) is 9.58. The van der Waals surface area contributed by atoms with E-state index in [1.54, 1.807) is 30.3 Å². The molecule has 0 aliphatic rings. The van der Waals surface area contributed by atoms with Crippen LogP contribution in [0.5, 0.6) is 0 Å². The molecule has 0 radical (unpaired) electrons. The van der Waals surface area contributed by atoms with Gasteiger partial charge in [-0.3, -0.25) is 9.59 Å². The number of nitrogens with zero attached hydrogens (tertiary/aromatic N) is 3. The molecule has 4 rings (SSSR count). The lowest BCUT2D eigenvalue weighted by atomic mass is 10.0. The first-order valence-electron chi connectivity index (χ1n) is 10.6. The number of benzene rings is 3. The average molecular weight is 427 g/mol. The number of hydrogen-bond donors (Lipinski definition) is 1. The second-order valence-electron chi connectivity index (χ2n) is 7.96. The Morgan fingerprint density at radius 1 is 0.906 bits per heavy atom. The van der Waals surface area contributed by atoms with Crippen molar-refractivity contribution in [2.45, 2.75) is 12.5 Å². The highest BCUT2D eigenvalue weighted by molar-refractivity contribution is 6.04. The van der Waals surface area contributed by atoms with Crippen LogP contribution < -0.4 is 10.9 Å². The number of para-hydroxylation sites is 1. The van der Waals surface area contributed by atoms with Crippen molar-refractivity contribution in [1.29, 1.82) is 0 Å². The van der Waals surface area contributed by atoms with Crippen LogP contribution in [-0.2, 0) is 6.42 Å². The maximum Gasteiger partial charge on any atom is 0.279 e. The molecule has 1 N–H and O–H groups in total. The molecule has 6 heteroatoms. The molecule has 0 fully saturated rings. The highest BCUT2D eigenvalue weighted by atomic mass is 16.2. The Labute approximate surface area is 187 Å². The third-order valence-electron chi connectivity index (χ3n) is 5.56. The third kappa shape index (κ3) is 4.60. The normalized spacial score (nSPS) is 12.1. The highest BCUT2D eigenvalue weighted by Crippen LogP contribution is 2.15. The summed E-state index contributed by atoms with van der Waals surface area (Å²) in [5.41, 5.74) is 1.81. The highest BCUT2D eigenvalue weighted by Gasteiger charge is 2.19. The molecule has 1 aromatic heterocycles. The van der Waals surface area contributed by atoms with E-state index < -0.39 is 0 Å². The van der Waals surface area contributed by atoms with Gasteiger partial charge in [0.25, 0.3) is 11.5 Å². The van der Waals surface area contributed by atoms with Crippen LogP contribution in [0.15, 0.2) is 89.7 Å². The minimum Gasteiger partial charge on any atom is -0.349 e. The molecule has 0 saturated heterocycles. The fourth-order valence-electron chi connectivity index (χ4n) is 3.72. The summed E-state index contributed by atoms with van der Waals surface area (Å²) >= 11 is 0. The summed E-state index contributed by atoms with van der Waals surface area (Å²) in [5, 5.41) is 8.50. The van der Waals surface area contributed by atoms with Crippen LogP contribution in [0.25, 0.3) is 16.5 Å². The van der Waals surface area contributed by atoms with Crippen molar-refractivity contribution in [2.24, 2.45) is 0 Å². The Hall–Kier alpha value is -3.77. The van der Waals surface area contributed by atoms with Crippen LogP contribution in [0.1, 0.15) is 16.1 Å². The van der Waals surface area contributed by atoms with Gasteiger partial charge < -0.3 is 10.2 Å². The first-order valence-corrected chi connectivity index (χ1v) is 10.6. The second-order valence-corrected chi connectivity index (χ2v) is 7.96. The Kier molecular flexibility index (Phi) is 6.42. The van der Waals surface area contributed by atoms with Gasteiger partial charge in [-0.15, -0.1) is 0 Å². The Morgan fingerprint density at radius 2 is 1.50 bits per heavy atom. The predicted octanol–water partition coefficient (Wildman–Crippen LogP) is 3.29. The van der Waals surface area contributed by atoms with Crippen molar-refractivity contribution in [3.8, 4) is 5.69 Å². The molecule has 0 aliphatic carbocycles. The third-order valence-corrected chi connectivity index (χ3v) is 5.56. The zero-order valence-corrected chi connectivity index (χ0v) is 18.2. The van der Waals surface area contributed by atoms with Gasteiger partial charge >= 0.3 is 0 Å². The molecule has 0 bridgehead atoms. The number of aromatic nitrogens is 2. The quantitative estimate of drug-likeness (QED) is 0.493. The maximum atomic E-state index is 13.2. The first kappa shape index (κ1) is 21.5. The summed E-state index contributed by atoms with van der Waals surface area (Å²) in [6.45, 7) is 0.460. The summed E-state index contributed by atoms with van der Waals surface area (Å²) in [6.07, 6.45) is 0.811. The van der Waals surface area contributed by atoms with Crippen LogP contribution in [0, 0.1) is 0 Å². The molecule has 0 unspecified atom stereocenters. The number of hydrogen-bond acceptors (Lipinski definition) is 4. The molecule has 3 aromatic carbocycles. The van der Waals surface area contributed by atoms with Crippen molar-refractivity contribution in [1.82, 2.24) is 20.0 Å². The Balaban J connectivity index is 1.64. The summed E-state index contributed by atoms with van der Waals surface area (Å²) in [4.78, 5) is 28.4. The van der Waals surface area contributed by atoms with Gasteiger partial charge in [0.15, 0.2) is 5.69 Å². The fourth-order valence-corrected chi connectivity index (χ4v) is 3.72. The number of amides is 1. The van der Waals surface area contributed by atoms with E-state index in [0.29, 0.717) is 23.0 Å². The van der Waals surface area contributed by atoms with Crippen molar-refractivity contribution in [3.63, 3.8) is 0 Å². The molecule has 1 amide bonds. The maximum absolute atomic E-state index is 13.2. The summed E-state index contributed by atoms with van der Waals surface area (Å²) in [7, 11) is 4.01. The fraction of sp³-hybridized carbons (Fsp3) is 0.192. The van der Waals surface area contributed by atoms with E-state index in [-0.39, 0.29) is 23.2 Å². The zero-order chi connectivity index (χ0) is 22.5. The lowest BCUT2D eigenvalue weighted by Gasteiger charge is -2.25. The topological polar surface area (TPSA) is 67.2 Å². The summed E-state index contributed by atoms with van der Waals surface area (Å²) < 4.78 is 1.30. The number of carbonyl (C=O) groups excluding carboxylic acids is 1. The van der Waals surface area contributed by atoms with Gasteiger partial charge in [0.05, 0.1) is 11.1 Å². The summed E-state index contributed by atoms with van der Waals surface area (Å²) in [5.74, 6) is -0.300. The van der Waals surface area contributed by atoms with Gasteiger partial charge in [-0.05, 0) is 44.3 Å². The van der Waals surface area contributed by atoms with Crippen molar-refractivity contribution in [3.05, 3.63) is 107 Å². The molecular formula is C26H26N4O2. The molecule has 0 spiro atoms. The van der Waals surface area contributed by atoms with E-state index in [1.807, 2.05) is 56.6 Å². The van der Waals surface area contributed by atoms with Gasteiger partial charge in [0, 0.05) is 18.0 Å². The molecule has 6 nitrogen and oxygen atoms in total. The largest absolute Gasteiger partial charge is 0.349 e. The molecule has 32 heavy (non-hydrogen) atoms. The van der Waals surface area contributed by atoms with Crippen LogP contribution in [0.2, 0.25) is 0 Å². The van der Waals surface area contributed by atoms with E-state index in [4.69, 9.17) is 0 Å². The van der Waals surface area contributed by atoms with E-state index >= 15 is 0 Å². The lowest BCUT2D eigenvalue weighted by molar-refractivity contribution is 0.0937. The van der Waals surface area contributed by atoms with Crippen molar-refractivity contribution < 1.29 is 4.79 Å². The Bertz CT molecular complexity index is 1270. The van der Waals surface area contributed by atoms with Crippen LogP contribution in [-0.4, -0.2) is 47.3 Å². The number of likely N-dealkylation sites (N-methyl/N-ethyl adjacent to an activating group) is 1.